The van der Waals surface area contributed by atoms with Gasteiger partial charge in [0.2, 0.25) is 5.91 Å². The number of hydrogen-bond acceptors (Lipinski definition) is 7. The van der Waals surface area contributed by atoms with Gasteiger partial charge in [0.1, 0.15) is 6.61 Å². The maximum Gasteiger partial charge on any atom is 0.307 e. The number of ether oxygens (including phenoxy) is 1. The molecular formula is C21H19N3O3S2. The molecule has 8 heteroatoms. The highest BCUT2D eigenvalue weighted by atomic mass is 32.2. The van der Waals surface area contributed by atoms with Crippen LogP contribution in [0.2, 0.25) is 0 Å². The number of carbonyl (C=O) groups excluding carboxylic acids is 2. The Kier molecular flexibility index (Phi) is 5.82. The molecule has 1 aromatic heterocycles. The summed E-state index contributed by atoms with van der Waals surface area (Å²) in [5.74, 6) is -0.595. The first-order chi connectivity index (χ1) is 14.1. The van der Waals surface area contributed by atoms with Crippen molar-refractivity contribution < 1.29 is 14.3 Å². The number of hydrogen-bond donors (Lipinski definition) is 2. The molecule has 2 N–H and O–H groups in total. The van der Waals surface area contributed by atoms with Crippen molar-refractivity contribution in [3.63, 3.8) is 0 Å². The minimum atomic E-state index is -0.494. The Bertz CT molecular complexity index is 1030. The highest BCUT2D eigenvalue weighted by Crippen LogP contribution is 2.36. The number of esters is 1. The zero-order chi connectivity index (χ0) is 20.2. The quantitative estimate of drug-likeness (QED) is 0.555. The fourth-order valence-corrected chi connectivity index (χ4v) is 4.59. The molecule has 1 aliphatic heterocycles. The van der Waals surface area contributed by atoms with Gasteiger partial charge in [-0.3, -0.25) is 9.59 Å². The molecule has 3 aromatic rings. The number of benzene rings is 2. The highest BCUT2D eigenvalue weighted by Gasteiger charge is 2.29. The molecule has 0 fully saturated rings. The van der Waals surface area contributed by atoms with E-state index in [1.807, 2.05) is 60.8 Å². The first-order valence-corrected chi connectivity index (χ1v) is 10.8. The predicted molar refractivity (Wildman–Crippen MR) is 116 cm³/mol. The summed E-state index contributed by atoms with van der Waals surface area (Å²) in [5, 5.41) is 8.15. The summed E-state index contributed by atoms with van der Waals surface area (Å²) < 4.78 is 5.33. The second-order valence-corrected chi connectivity index (χ2v) is 8.69. The Morgan fingerprint density at radius 3 is 2.83 bits per heavy atom. The molecular weight excluding hydrogens is 406 g/mol. The number of para-hydroxylation sites is 1. The number of anilines is 3. The fourth-order valence-electron chi connectivity index (χ4n) is 2.78. The normalized spacial score (nSPS) is 15.3. The van der Waals surface area contributed by atoms with Crippen LogP contribution in [-0.2, 0) is 20.9 Å². The van der Waals surface area contributed by atoms with Crippen molar-refractivity contribution >= 4 is 51.5 Å². The SMILES string of the molecule is Cc1ccc(Nc2nc(COC(=O)C[C@@H]3Sc4ccccc4NC3=O)cs2)cc1. The Balaban J connectivity index is 1.28. The van der Waals surface area contributed by atoms with Gasteiger partial charge in [-0.05, 0) is 31.2 Å². The number of carbonyl (C=O) groups is 2. The van der Waals surface area contributed by atoms with Crippen LogP contribution in [-0.4, -0.2) is 22.1 Å². The fraction of sp³-hybridized carbons (Fsp3) is 0.190. The summed E-state index contributed by atoms with van der Waals surface area (Å²) in [4.78, 5) is 29.8. The van der Waals surface area contributed by atoms with Crippen LogP contribution < -0.4 is 10.6 Å². The molecule has 6 nitrogen and oxygen atoms in total. The van der Waals surface area contributed by atoms with Gasteiger partial charge < -0.3 is 15.4 Å². The lowest BCUT2D eigenvalue weighted by atomic mass is 10.2. The second-order valence-electron chi connectivity index (χ2n) is 6.59. The lowest BCUT2D eigenvalue weighted by Crippen LogP contribution is -2.31. The maximum absolute atomic E-state index is 12.2. The van der Waals surface area contributed by atoms with E-state index in [1.165, 1.54) is 28.7 Å². The minimum Gasteiger partial charge on any atom is -0.459 e. The highest BCUT2D eigenvalue weighted by molar-refractivity contribution is 8.01. The van der Waals surface area contributed by atoms with Crippen molar-refractivity contribution in [3.05, 3.63) is 65.2 Å². The Morgan fingerprint density at radius 1 is 1.21 bits per heavy atom. The number of rotatable bonds is 6. The average Bonchev–Trinajstić information content (AvgIpc) is 3.16. The largest absolute Gasteiger partial charge is 0.459 e. The van der Waals surface area contributed by atoms with Gasteiger partial charge in [0.05, 0.1) is 23.1 Å². The molecule has 2 heterocycles. The molecule has 0 unspecified atom stereocenters. The number of nitrogens with zero attached hydrogens (tertiary/aromatic N) is 1. The molecule has 1 atom stereocenters. The van der Waals surface area contributed by atoms with Crippen LogP contribution in [0.4, 0.5) is 16.5 Å². The van der Waals surface area contributed by atoms with Crippen molar-refractivity contribution in [2.75, 3.05) is 10.6 Å². The molecule has 0 bridgehead atoms. The van der Waals surface area contributed by atoms with Crippen LogP contribution in [0, 0.1) is 6.92 Å². The van der Waals surface area contributed by atoms with Gasteiger partial charge in [-0.15, -0.1) is 23.1 Å². The van der Waals surface area contributed by atoms with E-state index in [2.05, 4.69) is 15.6 Å². The van der Waals surface area contributed by atoms with Gasteiger partial charge in [0, 0.05) is 16.0 Å². The van der Waals surface area contributed by atoms with Crippen molar-refractivity contribution in [1.82, 2.24) is 4.98 Å². The van der Waals surface area contributed by atoms with Crippen LogP contribution in [0.5, 0.6) is 0 Å². The Morgan fingerprint density at radius 2 is 2.00 bits per heavy atom. The van der Waals surface area contributed by atoms with Crippen molar-refractivity contribution in [3.8, 4) is 0 Å². The summed E-state index contributed by atoms with van der Waals surface area (Å²) >= 11 is 2.83. The number of nitrogens with one attached hydrogen (secondary N) is 2. The first-order valence-electron chi connectivity index (χ1n) is 9.07. The van der Waals surface area contributed by atoms with Crippen LogP contribution in [0.3, 0.4) is 0 Å². The average molecular weight is 426 g/mol. The molecule has 148 valence electrons. The van der Waals surface area contributed by atoms with Gasteiger partial charge >= 0.3 is 5.97 Å². The molecule has 0 saturated heterocycles. The first kappa shape index (κ1) is 19.5. The third-order valence-electron chi connectivity index (χ3n) is 4.29. The van der Waals surface area contributed by atoms with E-state index in [9.17, 15) is 9.59 Å². The monoisotopic (exact) mass is 425 g/mol. The maximum atomic E-state index is 12.2. The van der Waals surface area contributed by atoms with Crippen LogP contribution in [0.15, 0.2) is 58.8 Å². The minimum absolute atomic E-state index is 0.0173. The topological polar surface area (TPSA) is 80.3 Å². The third kappa shape index (κ3) is 4.96. The second kappa shape index (κ2) is 8.67. The van der Waals surface area contributed by atoms with E-state index in [0.717, 1.165) is 21.4 Å². The van der Waals surface area contributed by atoms with Crippen LogP contribution in [0.25, 0.3) is 0 Å². The summed E-state index contributed by atoms with van der Waals surface area (Å²) in [6.07, 6.45) is 0.0173. The zero-order valence-electron chi connectivity index (χ0n) is 15.7. The lowest BCUT2D eigenvalue weighted by Gasteiger charge is -2.23. The van der Waals surface area contributed by atoms with E-state index in [4.69, 9.17) is 4.74 Å². The number of thiazole rings is 1. The molecule has 0 saturated carbocycles. The van der Waals surface area contributed by atoms with E-state index in [1.54, 1.807) is 0 Å². The number of aryl methyl sites for hydroxylation is 1. The smallest absolute Gasteiger partial charge is 0.307 e. The third-order valence-corrected chi connectivity index (χ3v) is 6.38. The van der Waals surface area contributed by atoms with Gasteiger partial charge in [0.25, 0.3) is 0 Å². The molecule has 4 rings (SSSR count). The molecule has 0 radical (unpaired) electrons. The molecule has 1 amide bonds. The van der Waals surface area contributed by atoms with Crippen molar-refractivity contribution in [1.29, 1.82) is 0 Å². The Hall–Kier alpha value is -2.84. The summed E-state index contributed by atoms with van der Waals surface area (Å²) in [7, 11) is 0. The summed E-state index contributed by atoms with van der Waals surface area (Å²) in [5.41, 5.74) is 3.59. The number of amides is 1. The predicted octanol–water partition coefficient (Wildman–Crippen LogP) is 4.74. The van der Waals surface area contributed by atoms with Gasteiger partial charge in [0.15, 0.2) is 5.13 Å². The van der Waals surface area contributed by atoms with E-state index >= 15 is 0 Å². The van der Waals surface area contributed by atoms with Crippen molar-refractivity contribution in [2.24, 2.45) is 0 Å². The van der Waals surface area contributed by atoms with Gasteiger partial charge in [-0.1, -0.05) is 29.8 Å². The molecule has 0 spiro atoms. The Labute approximate surface area is 176 Å². The van der Waals surface area contributed by atoms with Gasteiger partial charge in [-0.2, -0.15) is 0 Å². The zero-order valence-corrected chi connectivity index (χ0v) is 17.3. The standard InChI is InChI=1S/C21H19N3O3S2/c1-13-6-8-14(9-7-13)22-21-23-15(12-28-21)11-27-19(25)10-18-20(26)24-16-4-2-3-5-17(16)29-18/h2-9,12,18H,10-11H2,1H3,(H,22,23)(H,24,26)/t18-/m0/s1. The molecule has 2 aromatic carbocycles. The van der Waals surface area contributed by atoms with Crippen LogP contribution in [0.1, 0.15) is 17.7 Å². The molecule has 29 heavy (non-hydrogen) atoms. The number of aromatic nitrogens is 1. The van der Waals surface area contributed by atoms with Crippen molar-refractivity contribution in [2.45, 2.75) is 30.1 Å². The summed E-state index contributed by atoms with van der Waals surface area (Å²) in [6, 6.07) is 15.6. The lowest BCUT2D eigenvalue weighted by molar-refractivity contribution is -0.145. The molecule has 0 aliphatic carbocycles. The van der Waals surface area contributed by atoms with E-state index in [-0.39, 0.29) is 18.9 Å². The summed E-state index contributed by atoms with van der Waals surface area (Å²) in [6.45, 7) is 2.12. The van der Waals surface area contributed by atoms with E-state index < -0.39 is 11.2 Å². The van der Waals surface area contributed by atoms with Crippen LogP contribution >= 0.6 is 23.1 Å². The van der Waals surface area contributed by atoms with E-state index in [0.29, 0.717) is 5.69 Å². The number of thioether (sulfide) groups is 1. The molecule has 1 aliphatic rings. The van der Waals surface area contributed by atoms with Gasteiger partial charge in [-0.25, -0.2) is 4.98 Å². The number of fused-ring (bicyclic) bond motifs is 1.